The number of aromatic nitrogens is 1. The second-order valence-electron chi connectivity index (χ2n) is 6.43. The van der Waals surface area contributed by atoms with Gasteiger partial charge in [0, 0.05) is 30.9 Å². The highest BCUT2D eigenvalue weighted by atomic mass is 35.5. The van der Waals surface area contributed by atoms with Crippen LogP contribution in [0, 0.1) is 0 Å². The van der Waals surface area contributed by atoms with Crippen LogP contribution in [0.25, 0.3) is 0 Å². The Morgan fingerprint density at radius 2 is 1.88 bits per heavy atom. The molecule has 5 nitrogen and oxygen atoms in total. The van der Waals surface area contributed by atoms with Crippen LogP contribution in [0.1, 0.15) is 28.8 Å². The van der Waals surface area contributed by atoms with Crippen LogP contribution in [-0.2, 0) is 6.42 Å². The zero-order valence-corrected chi connectivity index (χ0v) is 16.0. The minimum atomic E-state index is 0. The van der Waals surface area contributed by atoms with Gasteiger partial charge >= 0.3 is 0 Å². The van der Waals surface area contributed by atoms with Crippen molar-refractivity contribution in [1.29, 1.82) is 0 Å². The molecule has 1 aromatic heterocycles. The molecule has 2 heterocycles. The van der Waals surface area contributed by atoms with E-state index in [1.54, 1.807) is 0 Å². The van der Waals surface area contributed by atoms with E-state index in [0.717, 1.165) is 55.8 Å². The van der Waals surface area contributed by atoms with Crippen LogP contribution in [0.15, 0.2) is 48.7 Å². The van der Waals surface area contributed by atoms with Gasteiger partial charge in [0.25, 0.3) is 5.91 Å². The van der Waals surface area contributed by atoms with Gasteiger partial charge in [0.2, 0.25) is 0 Å². The number of rotatable bonds is 6. The molecule has 0 saturated carbocycles. The molecule has 0 radical (unpaired) electrons. The zero-order chi connectivity index (χ0) is 17.5. The first-order chi connectivity index (χ1) is 12.3. The Hall–Kier alpha value is -2.11. The molecule has 1 saturated heterocycles. The number of benzene rings is 1. The van der Waals surface area contributed by atoms with Crippen LogP contribution in [0.4, 0.5) is 5.82 Å². The van der Waals surface area contributed by atoms with Gasteiger partial charge in [0.15, 0.2) is 0 Å². The fourth-order valence-electron chi connectivity index (χ4n) is 3.28. The predicted octanol–water partition coefficient (Wildman–Crippen LogP) is 2.66. The predicted molar refractivity (Wildman–Crippen MR) is 108 cm³/mol. The molecule has 1 aliphatic rings. The largest absolute Gasteiger partial charge is 0.356 e. The highest BCUT2D eigenvalue weighted by Gasteiger charge is 2.22. The van der Waals surface area contributed by atoms with Crippen molar-refractivity contribution >= 4 is 24.1 Å². The standard InChI is InChI=1S/C20H26N4O.ClH/c1-21-13-9-16-6-2-3-7-18(16)20(25)23-17-10-14-24(15-11-17)19-8-4-5-12-22-19;/h2-8,12,17,21H,9-11,13-15H2,1H3,(H,23,25);1H. The lowest BCUT2D eigenvalue weighted by Gasteiger charge is -2.33. The first-order valence-corrected chi connectivity index (χ1v) is 8.97. The Morgan fingerprint density at radius 3 is 2.58 bits per heavy atom. The van der Waals surface area contributed by atoms with Crippen molar-refractivity contribution in [1.82, 2.24) is 15.6 Å². The second kappa shape index (κ2) is 10.1. The maximum Gasteiger partial charge on any atom is 0.251 e. The Kier molecular flexibility index (Phi) is 7.88. The number of amides is 1. The molecular formula is C20H27ClN4O. The number of piperidine rings is 1. The molecule has 0 aliphatic carbocycles. The molecule has 0 unspecified atom stereocenters. The monoisotopic (exact) mass is 374 g/mol. The van der Waals surface area contributed by atoms with Gasteiger partial charge < -0.3 is 15.5 Å². The number of hydrogen-bond acceptors (Lipinski definition) is 4. The third-order valence-electron chi connectivity index (χ3n) is 4.71. The molecule has 1 aliphatic heterocycles. The van der Waals surface area contributed by atoms with E-state index in [4.69, 9.17) is 0 Å². The Morgan fingerprint density at radius 1 is 1.15 bits per heavy atom. The minimum absolute atomic E-state index is 0. The molecule has 0 spiro atoms. The molecule has 1 aromatic carbocycles. The second-order valence-corrected chi connectivity index (χ2v) is 6.43. The molecule has 0 bridgehead atoms. The lowest BCUT2D eigenvalue weighted by atomic mass is 10.0. The van der Waals surface area contributed by atoms with Gasteiger partial charge in [0.1, 0.15) is 5.82 Å². The van der Waals surface area contributed by atoms with E-state index >= 15 is 0 Å². The Balaban J connectivity index is 0.00000243. The first-order valence-electron chi connectivity index (χ1n) is 8.97. The van der Waals surface area contributed by atoms with Gasteiger partial charge in [-0.05, 0) is 56.6 Å². The first kappa shape index (κ1) is 20.2. The smallest absolute Gasteiger partial charge is 0.251 e. The van der Waals surface area contributed by atoms with Crippen molar-refractivity contribution in [2.45, 2.75) is 25.3 Å². The number of carbonyl (C=O) groups excluding carboxylic acids is 1. The Labute approximate surface area is 161 Å². The maximum absolute atomic E-state index is 12.7. The summed E-state index contributed by atoms with van der Waals surface area (Å²) in [6.07, 6.45) is 4.57. The molecule has 0 atom stereocenters. The van der Waals surface area contributed by atoms with Crippen LogP contribution in [-0.4, -0.2) is 43.6 Å². The highest BCUT2D eigenvalue weighted by Crippen LogP contribution is 2.18. The van der Waals surface area contributed by atoms with E-state index in [1.165, 1.54) is 0 Å². The van der Waals surface area contributed by atoms with Crippen LogP contribution in [0.2, 0.25) is 0 Å². The van der Waals surface area contributed by atoms with Gasteiger partial charge in [0.05, 0.1) is 0 Å². The number of hydrogen-bond donors (Lipinski definition) is 2. The third-order valence-corrected chi connectivity index (χ3v) is 4.71. The fourth-order valence-corrected chi connectivity index (χ4v) is 3.28. The van der Waals surface area contributed by atoms with Crippen molar-refractivity contribution in [3.63, 3.8) is 0 Å². The average molecular weight is 375 g/mol. The van der Waals surface area contributed by atoms with E-state index in [9.17, 15) is 4.79 Å². The number of carbonyl (C=O) groups is 1. The topological polar surface area (TPSA) is 57.3 Å². The normalized spacial score (nSPS) is 14.6. The lowest BCUT2D eigenvalue weighted by molar-refractivity contribution is 0.0930. The number of halogens is 1. The number of pyridine rings is 1. The molecule has 2 N–H and O–H groups in total. The lowest BCUT2D eigenvalue weighted by Crippen LogP contribution is -2.45. The van der Waals surface area contributed by atoms with E-state index in [0.29, 0.717) is 0 Å². The van der Waals surface area contributed by atoms with E-state index in [1.807, 2.05) is 55.7 Å². The summed E-state index contributed by atoms with van der Waals surface area (Å²) in [6, 6.07) is 14.1. The van der Waals surface area contributed by atoms with Gasteiger partial charge in [-0.15, -0.1) is 12.4 Å². The van der Waals surface area contributed by atoms with Crippen LogP contribution < -0.4 is 15.5 Å². The Bertz CT molecular complexity index is 687. The summed E-state index contributed by atoms with van der Waals surface area (Å²) in [5.74, 6) is 1.06. The number of likely N-dealkylation sites (N-methyl/N-ethyl adjacent to an activating group) is 1. The van der Waals surface area contributed by atoms with Crippen LogP contribution >= 0.6 is 12.4 Å². The zero-order valence-electron chi connectivity index (χ0n) is 15.1. The van der Waals surface area contributed by atoms with Crippen LogP contribution in [0.3, 0.4) is 0 Å². The fraction of sp³-hybridized carbons (Fsp3) is 0.400. The molecule has 26 heavy (non-hydrogen) atoms. The SMILES string of the molecule is CNCCc1ccccc1C(=O)NC1CCN(c2ccccn2)CC1.Cl. The van der Waals surface area contributed by atoms with Crippen molar-refractivity contribution in [2.24, 2.45) is 0 Å². The van der Waals surface area contributed by atoms with E-state index in [-0.39, 0.29) is 24.4 Å². The highest BCUT2D eigenvalue weighted by molar-refractivity contribution is 5.95. The minimum Gasteiger partial charge on any atom is -0.356 e. The maximum atomic E-state index is 12.7. The summed E-state index contributed by atoms with van der Waals surface area (Å²) < 4.78 is 0. The third kappa shape index (κ3) is 5.19. The number of nitrogens with zero attached hydrogens (tertiary/aromatic N) is 2. The number of anilines is 1. The molecule has 1 amide bonds. The summed E-state index contributed by atoms with van der Waals surface area (Å²) in [5, 5.41) is 6.36. The molecular weight excluding hydrogens is 348 g/mol. The molecule has 3 rings (SSSR count). The van der Waals surface area contributed by atoms with Gasteiger partial charge in [-0.3, -0.25) is 4.79 Å². The van der Waals surface area contributed by atoms with Crippen molar-refractivity contribution in [3.05, 3.63) is 59.8 Å². The summed E-state index contributed by atoms with van der Waals surface area (Å²) in [7, 11) is 1.93. The summed E-state index contributed by atoms with van der Waals surface area (Å²) in [4.78, 5) is 19.4. The van der Waals surface area contributed by atoms with Crippen LogP contribution in [0.5, 0.6) is 0 Å². The van der Waals surface area contributed by atoms with Crippen molar-refractivity contribution in [3.8, 4) is 0 Å². The number of nitrogens with one attached hydrogen (secondary N) is 2. The molecule has 6 heteroatoms. The average Bonchev–Trinajstić information content (AvgIpc) is 2.68. The quantitative estimate of drug-likeness (QED) is 0.816. The molecule has 1 fully saturated rings. The summed E-state index contributed by atoms with van der Waals surface area (Å²) in [5.41, 5.74) is 1.89. The molecule has 140 valence electrons. The summed E-state index contributed by atoms with van der Waals surface area (Å²) >= 11 is 0. The van der Waals surface area contributed by atoms with E-state index < -0.39 is 0 Å². The van der Waals surface area contributed by atoms with Crippen molar-refractivity contribution in [2.75, 3.05) is 31.6 Å². The van der Waals surface area contributed by atoms with Gasteiger partial charge in [-0.2, -0.15) is 0 Å². The molecule has 2 aromatic rings. The van der Waals surface area contributed by atoms with Gasteiger partial charge in [-0.1, -0.05) is 24.3 Å². The van der Waals surface area contributed by atoms with E-state index in [2.05, 4.69) is 20.5 Å². The summed E-state index contributed by atoms with van der Waals surface area (Å²) in [6.45, 7) is 2.71. The van der Waals surface area contributed by atoms with Gasteiger partial charge in [-0.25, -0.2) is 4.98 Å². The van der Waals surface area contributed by atoms with Crippen molar-refractivity contribution < 1.29 is 4.79 Å².